The number of sulfonamides is 1. The molecular formula is C12H16Br2N2O2S. The molecule has 0 amide bonds. The van der Waals surface area contributed by atoms with Crippen LogP contribution in [-0.2, 0) is 10.0 Å². The molecule has 1 unspecified atom stereocenters. The monoisotopic (exact) mass is 410 g/mol. The van der Waals surface area contributed by atoms with Crippen LogP contribution in [0.2, 0.25) is 0 Å². The maximum Gasteiger partial charge on any atom is 0.241 e. The number of rotatable bonds is 5. The summed E-state index contributed by atoms with van der Waals surface area (Å²) in [5.41, 5.74) is 6.88. The topological polar surface area (TPSA) is 72.2 Å². The molecule has 3 N–H and O–H groups in total. The van der Waals surface area contributed by atoms with Gasteiger partial charge in [0.1, 0.15) is 0 Å². The summed E-state index contributed by atoms with van der Waals surface area (Å²) in [6.45, 7) is 2.19. The highest BCUT2D eigenvalue weighted by Gasteiger charge is 2.29. The van der Waals surface area contributed by atoms with Gasteiger partial charge in [0.05, 0.1) is 4.90 Å². The molecule has 1 aromatic carbocycles. The molecule has 1 aromatic rings. The summed E-state index contributed by atoms with van der Waals surface area (Å²) in [5, 5.41) is 0. The molecule has 4 nitrogen and oxygen atoms in total. The van der Waals surface area contributed by atoms with Gasteiger partial charge in [-0.05, 0) is 59.3 Å². The number of aryl methyl sites for hydroxylation is 1. The molecule has 2 rings (SSSR count). The van der Waals surface area contributed by atoms with Crippen LogP contribution in [0.5, 0.6) is 0 Å². The molecule has 1 aliphatic rings. The van der Waals surface area contributed by atoms with Crippen molar-refractivity contribution in [2.75, 3.05) is 6.54 Å². The van der Waals surface area contributed by atoms with E-state index in [0.717, 1.165) is 22.9 Å². The highest BCUT2D eigenvalue weighted by atomic mass is 79.9. The van der Waals surface area contributed by atoms with Gasteiger partial charge in [-0.15, -0.1) is 0 Å². The van der Waals surface area contributed by atoms with E-state index in [1.54, 1.807) is 12.1 Å². The van der Waals surface area contributed by atoms with Gasteiger partial charge >= 0.3 is 0 Å². The molecule has 0 saturated heterocycles. The Morgan fingerprint density at radius 3 is 2.58 bits per heavy atom. The molecule has 0 heterocycles. The van der Waals surface area contributed by atoms with E-state index in [9.17, 15) is 8.42 Å². The molecule has 0 spiro atoms. The first-order valence-electron chi connectivity index (χ1n) is 6.02. The summed E-state index contributed by atoms with van der Waals surface area (Å²) in [7, 11) is -3.54. The Hall–Kier alpha value is 0.0500. The smallest absolute Gasteiger partial charge is 0.241 e. The van der Waals surface area contributed by atoms with Crippen LogP contribution in [0.3, 0.4) is 0 Å². The first-order valence-corrected chi connectivity index (χ1v) is 9.09. The molecule has 0 aliphatic heterocycles. The lowest BCUT2D eigenvalue weighted by Gasteiger charge is -2.13. The van der Waals surface area contributed by atoms with Crippen molar-refractivity contribution in [2.45, 2.75) is 30.7 Å². The molecule has 0 bridgehead atoms. The van der Waals surface area contributed by atoms with Crippen LogP contribution in [0.4, 0.5) is 0 Å². The molecule has 1 aliphatic carbocycles. The second kappa shape index (κ2) is 5.81. The Labute approximate surface area is 130 Å². The van der Waals surface area contributed by atoms with Crippen molar-refractivity contribution in [3.63, 3.8) is 0 Å². The van der Waals surface area contributed by atoms with E-state index in [1.165, 1.54) is 0 Å². The van der Waals surface area contributed by atoms with Gasteiger partial charge in [-0.25, -0.2) is 13.1 Å². The fourth-order valence-electron chi connectivity index (χ4n) is 1.81. The van der Waals surface area contributed by atoms with Gasteiger partial charge in [0.2, 0.25) is 10.0 Å². The minimum absolute atomic E-state index is 0.0950. The number of nitrogens with one attached hydrogen (secondary N) is 1. The summed E-state index contributed by atoms with van der Waals surface area (Å²) in [6, 6.07) is 3.28. The van der Waals surface area contributed by atoms with Crippen molar-refractivity contribution in [3.8, 4) is 0 Å². The van der Waals surface area contributed by atoms with E-state index in [0.29, 0.717) is 10.4 Å². The fraction of sp³-hybridized carbons (Fsp3) is 0.500. The van der Waals surface area contributed by atoms with Gasteiger partial charge in [0.25, 0.3) is 0 Å². The Bertz CT molecular complexity index is 586. The Balaban J connectivity index is 2.16. The molecule has 1 fully saturated rings. The van der Waals surface area contributed by atoms with Crippen LogP contribution in [0, 0.1) is 12.8 Å². The quantitative estimate of drug-likeness (QED) is 0.781. The number of benzene rings is 1. The number of nitrogens with two attached hydrogens (primary N) is 1. The van der Waals surface area contributed by atoms with Crippen molar-refractivity contribution in [2.24, 2.45) is 11.7 Å². The van der Waals surface area contributed by atoms with Crippen molar-refractivity contribution >= 4 is 41.9 Å². The minimum atomic E-state index is -3.54. The second-order valence-electron chi connectivity index (χ2n) is 4.88. The lowest BCUT2D eigenvalue weighted by molar-refractivity contribution is 0.547. The number of hydrogen-bond donors (Lipinski definition) is 2. The fourth-order valence-corrected chi connectivity index (χ4v) is 4.56. The Morgan fingerprint density at radius 1 is 1.37 bits per heavy atom. The lowest BCUT2D eigenvalue weighted by Crippen LogP contribution is -2.38. The second-order valence-corrected chi connectivity index (χ2v) is 8.33. The van der Waals surface area contributed by atoms with Gasteiger partial charge in [0.15, 0.2) is 0 Å². The van der Waals surface area contributed by atoms with E-state index in [4.69, 9.17) is 5.73 Å². The van der Waals surface area contributed by atoms with Gasteiger partial charge in [0, 0.05) is 21.5 Å². The van der Waals surface area contributed by atoms with Crippen LogP contribution in [0.25, 0.3) is 0 Å². The van der Waals surface area contributed by atoms with Crippen LogP contribution in [-0.4, -0.2) is 21.0 Å². The van der Waals surface area contributed by atoms with Crippen molar-refractivity contribution in [3.05, 3.63) is 26.6 Å². The third kappa shape index (κ3) is 3.78. The molecule has 106 valence electrons. The minimum Gasteiger partial charge on any atom is -0.326 e. The van der Waals surface area contributed by atoms with Crippen molar-refractivity contribution < 1.29 is 8.42 Å². The summed E-state index contributed by atoms with van der Waals surface area (Å²) < 4.78 is 28.4. The average Bonchev–Trinajstić information content (AvgIpc) is 3.14. The first-order chi connectivity index (χ1) is 8.81. The van der Waals surface area contributed by atoms with E-state index in [1.807, 2.05) is 6.92 Å². The molecule has 0 aromatic heterocycles. The largest absolute Gasteiger partial charge is 0.326 e. The predicted molar refractivity (Wildman–Crippen MR) is 82.5 cm³/mol. The molecule has 1 saturated carbocycles. The van der Waals surface area contributed by atoms with Gasteiger partial charge in [-0.2, -0.15) is 0 Å². The Kier molecular flexibility index (Phi) is 4.72. The zero-order chi connectivity index (χ0) is 14.2. The summed E-state index contributed by atoms with van der Waals surface area (Å²) in [4.78, 5) is 0.230. The van der Waals surface area contributed by atoms with Crippen LogP contribution in [0.15, 0.2) is 26.0 Å². The molecule has 0 radical (unpaired) electrons. The zero-order valence-corrected chi connectivity index (χ0v) is 14.5. The van der Waals surface area contributed by atoms with Crippen LogP contribution >= 0.6 is 31.9 Å². The third-order valence-corrected chi connectivity index (χ3v) is 6.48. The van der Waals surface area contributed by atoms with Crippen molar-refractivity contribution in [1.29, 1.82) is 0 Å². The third-order valence-electron chi connectivity index (χ3n) is 3.24. The summed E-state index contributed by atoms with van der Waals surface area (Å²) >= 11 is 6.64. The van der Waals surface area contributed by atoms with Crippen molar-refractivity contribution in [1.82, 2.24) is 4.72 Å². The van der Waals surface area contributed by atoms with Crippen LogP contribution in [0.1, 0.15) is 18.4 Å². The molecular weight excluding hydrogens is 396 g/mol. The zero-order valence-electron chi connectivity index (χ0n) is 10.5. The summed E-state index contributed by atoms with van der Waals surface area (Å²) in [5.74, 6) is 0.468. The molecule has 7 heteroatoms. The maximum absolute atomic E-state index is 12.2. The van der Waals surface area contributed by atoms with Gasteiger partial charge in [-0.3, -0.25) is 0 Å². The number of halogens is 2. The molecule has 19 heavy (non-hydrogen) atoms. The standard InChI is InChI=1S/C12H16Br2N2O2S/c1-7-4-10(14)12(5-9(7)13)19(17,18)16-6-11(15)8-2-3-8/h4-5,8,11,16H,2-3,6,15H2,1H3. The SMILES string of the molecule is Cc1cc(Br)c(S(=O)(=O)NCC(N)C2CC2)cc1Br. The molecule has 1 atom stereocenters. The van der Waals surface area contributed by atoms with E-state index >= 15 is 0 Å². The van der Waals surface area contributed by atoms with Gasteiger partial charge in [-0.1, -0.05) is 15.9 Å². The highest BCUT2D eigenvalue weighted by molar-refractivity contribution is 9.11. The summed E-state index contributed by atoms with van der Waals surface area (Å²) in [6.07, 6.45) is 2.20. The van der Waals surface area contributed by atoms with E-state index in [-0.39, 0.29) is 17.5 Å². The highest BCUT2D eigenvalue weighted by Crippen LogP contribution is 2.32. The first kappa shape index (κ1) is 15.4. The average molecular weight is 412 g/mol. The normalized spacial score (nSPS) is 17.5. The Morgan fingerprint density at radius 2 is 2.00 bits per heavy atom. The predicted octanol–water partition coefficient (Wildman–Crippen LogP) is 2.54. The van der Waals surface area contributed by atoms with E-state index in [2.05, 4.69) is 36.6 Å². The number of hydrogen-bond acceptors (Lipinski definition) is 3. The maximum atomic E-state index is 12.2. The van der Waals surface area contributed by atoms with Crippen LogP contribution < -0.4 is 10.5 Å². The lowest BCUT2D eigenvalue weighted by atomic mass is 10.2. The van der Waals surface area contributed by atoms with Gasteiger partial charge < -0.3 is 5.73 Å². The van der Waals surface area contributed by atoms with E-state index < -0.39 is 10.0 Å².